The van der Waals surface area contributed by atoms with Crippen molar-refractivity contribution in [2.24, 2.45) is 0 Å². The van der Waals surface area contributed by atoms with E-state index in [1.165, 1.54) is 11.3 Å². The molecule has 1 aromatic heterocycles. The van der Waals surface area contributed by atoms with Crippen LogP contribution >= 0.6 is 11.3 Å². The maximum atomic E-state index is 12.8. The molecule has 118 valence electrons. The molecule has 2 aromatic carbocycles. The van der Waals surface area contributed by atoms with Crippen molar-refractivity contribution in [1.82, 2.24) is 5.32 Å². The molecule has 2 heterocycles. The van der Waals surface area contributed by atoms with Gasteiger partial charge in [-0.15, -0.1) is 11.3 Å². The standard InChI is InChI=1S/C17H15NO3S2/c19-17-12-3-1-2-4-13(12)22-14-7-11(10-5-6-18-9-10)8-15(16(14)17)23(20)21/h1-4,7-8,10,18,23H,5-6,9H2. The second-order valence-corrected chi connectivity index (χ2v) is 7.87. The lowest BCUT2D eigenvalue weighted by atomic mass is 9.97. The summed E-state index contributed by atoms with van der Waals surface area (Å²) in [6.07, 6.45) is 0.989. The SMILES string of the molecule is O=c1c2ccccc2sc2cc(C3CCNC3)cc([SH](=O)=O)c12. The van der Waals surface area contributed by atoms with Gasteiger partial charge in [0.25, 0.3) is 0 Å². The quantitative estimate of drug-likeness (QED) is 0.553. The van der Waals surface area contributed by atoms with Crippen molar-refractivity contribution in [3.8, 4) is 0 Å². The topological polar surface area (TPSA) is 63.2 Å². The normalized spacial score (nSPS) is 18.2. The minimum atomic E-state index is -2.81. The lowest BCUT2D eigenvalue weighted by molar-refractivity contribution is 0.615. The van der Waals surface area contributed by atoms with Crippen molar-refractivity contribution in [3.05, 3.63) is 52.2 Å². The molecule has 0 bridgehead atoms. The van der Waals surface area contributed by atoms with Crippen molar-refractivity contribution in [2.45, 2.75) is 17.2 Å². The molecule has 1 N–H and O–H groups in total. The first kappa shape index (κ1) is 14.8. The molecule has 1 saturated heterocycles. The van der Waals surface area contributed by atoms with Crippen molar-refractivity contribution >= 4 is 42.2 Å². The maximum absolute atomic E-state index is 12.8. The zero-order valence-corrected chi connectivity index (χ0v) is 14.0. The molecule has 4 rings (SSSR count). The van der Waals surface area contributed by atoms with Gasteiger partial charge >= 0.3 is 0 Å². The van der Waals surface area contributed by atoms with E-state index >= 15 is 0 Å². The number of hydrogen-bond donors (Lipinski definition) is 2. The lowest BCUT2D eigenvalue weighted by Crippen LogP contribution is -2.09. The van der Waals surface area contributed by atoms with Gasteiger partial charge in [0.2, 0.25) is 0 Å². The molecule has 1 aliphatic rings. The largest absolute Gasteiger partial charge is 0.316 e. The van der Waals surface area contributed by atoms with Gasteiger partial charge in [0.1, 0.15) is 0 Å². The molecule has 4 nitrogen and oxygen atoms in total. The Morgan fingerprint density at radius 2 is 1.96 bits per heavy atom. The van der Waals surface area contributed by atoms with Gasteiger partial charge in [0, 0.05) is 21.3 Å². The van der Waals surface area contributed by atoms with Gasteiger partial charge in [-0.25, -0.2) is 8.42 Å². The number of thiol groups is 1. The first-order chi connectivity index (χ1) is 11.1. The van der Waals surface area contributed by atoms with Crippen LogP contribution < -0.4 is 10.7 Å². The number of hydrogen-bond acceptors (Lipinski definition) is 5. The minimum Gasteiger partial charge on any atom is -0.316 e. The van der Waals surface area contributed by atoms with Gasteiger partial charge in [0.05, 0.1) is 10.3 Å². The Kier molecular flexibility index (Phi) is 3.67. The number of fused-ring (bicyclic) bond motifs is 2. The van der Waals surface area contributed by atoms with Crippen LogP contribution in [0.15, 0.2) is 46.1 Å². The summed E-state index contributed by atoms with van der Waals surface area (Å²) >= 11 is 1.48. The molecule has 0 amide bonds. The van der Waals surface area contributed by atoms with Crippen LogP contribution in [0, 0.1) is 0 Å². The molecule has 1 unspecified atom stereocenters. The van der Waals surface area contributed by atoms with Gasteiger partial charge in [-0.2, -0.15) is 0 Å². The van der Waals surface area contributed by atoms with Crippen molar-refractivity contribution in [2.75, 3.05) is 13.1 Å². The van der Waals surface area contributed by atoms with Crippen LogP contribution in [0.4, 0.5) is 0 Å². The van der Waals surface area contributed by atoms with Gasteiger partial charge in [-0.3, -0.25) is 4.79 Å². The van der Waals surface area contributed by atoms with Crippen LogP contribution in [0.2, 0.25) is 0 Å². The average molecular weight is 345 g/mol. The third-order valence-electron chi connectivity index (χ3n) is 4.41. The van der Waals surface area contributed by atoms with E-state index in [4.69, 9.17) is 0 Å². The molecule has 1 aliphatic heterocycles. The molecular formula is C17H15NO3S2. The second-order valence-electron chi connectivity index (χ2n) is 5.79. The zero-order chi connectivity index (χ0) is 16.0. The Labute approximate surface area is 138 Å². The number of rotatable bonds is 2. The summed E-state index contributed by atoms with van der Waals surface area (Å²) < 4.78 is 25.2. The van der Waals surface area contributed by atoms with E-state index in [0.717, 1.165) is 34.5 Å². The minimum absolute atomic E-state index is 0.159. The molecule has 0 saturated carbocycles. The van der Waals surface area contributed by atoms with E-state index < -0.39 is 10.7 Å². The van der Waals surface area contributed by atoms with Gasteiger partial charge < -0.3 is 5.32 Å². The van der Waals surface area contributed by atoms with Crippen molar-refractivity contribution < 1.29 is 8.42 Å². The molecule has 0 radical (unpaired) electrons. The van der Waals surface area contributed by atoms with Gasteiger partial charge in [0.15, 0.2) is 16.1 Å². The Hall–Kier alpha value is -1.76. The number of benzene rings is 2. The highest BCUT2D eigenvalue weighted by Crippen LogP contribution is 2.32. The summed E-state index contributed by atoms with van der Waals surface area (Å²) in [6.45, 7) is 1.79. The maximum Gasteiger partial charge on any atom is 0.197 e. The van der Waals surface area contributed by atoms with E-state index in [9.17, 15) is 13.2 Å². The van der Waals surface area contributed by atoms with E-state index in [0.29, 0.717) is 16.7 Å². The molecule has 6 heteroatoms. The molecule has 1 atom stereocenters. The first-order valence-corrected chi connectivity index (χ1v) is 9.49. The first-order valence-electron chi connectivity index (χ1n) is 7.50. The Morgan fingerprint density at radius 3 is 2.70 bits per heavy atom. The molecule has 0 spiro atoms. The summed E-state index contributed by atoms with van der Waals surface area (Å²) in [5.41, 5.74) is 0.808. The molecular weight excluding hydrogens is 330 g/mol. The van der Waals surface area contributed by atoms with Crippen molar-refractivity contribution in [1.29, 1.82) is 0 Å². The highest BCUT2D eigenvalue weighted by molar-refractivity contribution is 7.72. The third-order valence-corrected chi connectivity index (χ3v) is 6.27. The predicted octanol–water partition coefficient (Wildman–Crippen LogP) is 2.46. The average Bonchev–Trinajstić information content (AvgIpc) is 3.08. The van der Waals surface area contributed by atoms with Crippen LogP contribution in [-0.4, -0.2) is 21.5 Å². The number of nitrogens with one attached hydrogen (secondary N) is 1. The Balaban J connectivity index is 2.11. The molecule has 23 heavy (non-hydrogen) atoms. The summed E-state index contributed by atoms with van der Waals surface area (Å²) in [5.74, 6) is 0.307. The van der Waals surface area contributed by atoms with Crippen LogP contribution in [0.1, 0.15) is 17.9 Å². The van der Waals surface area contributed by atoms with Crippen molar-refractivity contribution in [3.63, 3.8) is 0 Å². The highest BCUT2D eigenvalue weighted by Gasteiger charge is 2.20. The predicted molar refractivity (Wildman–Crippen MR) is 94.4 cm³/mol. The molecule has 1 fully saturated rings. The highest BCUT2D eigenvalue weighted by atomic mass is 32.2. The van der Waals surface area contributed by atoms with Gasteiger partial charge in [-0.05, 0) is 48.7 Å². The summed E-state index contributed by atoms with van der Waals surface area (Å²) in [4.78, 5) is 12.9. The van der Waals surface area contributed by atoms with Crippen LogP contribution in [0.3, 0.4) is 0 Å². The summed E-state index contributed by atoms with van der Waals surface area (Å²) in [5, 5.41) is 4.21. The summed E-state index contributed by atoms with van der Waals surface area (Å²) in [6, 6.07) is 11.0. The lowest BCUT2D eigenvalue weighted by Gasteiger charge is -2.12. The third kappa shape index (κ3) is 2.47. The fourth-order valence-electron chi connectivity index (χ4n) is 3.25. The fourth-order valence-corrected chi connectivity index (χ4v) is 5.13. The van der Waals surface area contributed by atoms with E-state index in [1.807, 2.05) is 18.2 Å². The van der Waals surface area contributed by atoms with Gasteiger partial charge in [-0.1, -0.05) is 12.1 Å². The monoisotopic (exact) mass is 345 g/mol. The van der Waals surface area contributed by atoms with E-state index in [1.54, 1.807) is 18.2 Å². The van der Waals surface area contributed by atoms with Crippen LogP contribution in [0.5, 0.6) is 0 Å². The summed E-state index contributed by atoms with van der Waals surface area (Å²) in [7, 11) is -2.81. The van der Waals surface area contributed by atoms with Crippen LogP contribution in [-0.2, 0) is 10.7 Å². The Morgan fingerprint density at radius 1 is 1.13 bits per heavy atom. The second kappa shape index (κ2) is 5.70. The molecule has 3 aromatic rings. The van der Waals surface area contributed by atoms with E-state index in [2.05, 4.69) is 5.32 Å². The molecule has 0 aliphatic carbocycles. The van der Waals surface area contributed by atoms with Crippen LogP contribution in [0.25, 0.3) is 20.2 Å². The fraction of sp³-hybridized carbons (Fsp3) is 0.235. The van der Waals surface area contributed by atoms with E-state index in [-0.39, 0.29) is 10.3 Å². The Bertz CT molecular complexity index is 1040. The smallest absolute Gasteiger partial charge is 0.197 e. The zero-order valence-electron chi connectivity index (χ0n) is 12.2.